The van der Waals surface area contributed by atoms with Crippen LogP contribution in [0.1, 0.15) is 57.9 Å². The number of carbonyl (C=O) groups is 2. The number of allylic oxidation sites excluding steroid dienone is 1. The molecule has 2 amide bonds. The predicted molar refractivity (Wildman–Crippen MR) is 130 cm³/mol. The van der Waals surface area contributed by atoms with Gasteiger partial charge in [-0.25, -0.2) is 0 Å². The molecule has 0 unspecified atom stereocenters. The molecule has 0 bridgehead atoms. The van der Waals surface area contributed by atoms with Crippen LogP contribution in [-0.2, 0) is 21.4 Å². The summed E-state index contributed by atoms with van der Waals surface area (Å²) in [7, 11) is 0. The number of benzene rings is 1. The number of aromatic amines is 1. The Morgan fingerprint density at radius 1 is 1.24 bits per heavy atom. The van der Waals surface area contributed by atoms with Gasteiger partial charge in [-0.15, -0.1) is 6.58 Å². The Kier molecular flexibility index (Phi) is 4.48. The number of H-pyrrole nitrogens is 1. The second kappa shape index (κ2) is 6.86. The highest BCUT2D eigenvalue weighted by Crippen LogP contribution is 2.41. The zero-order chi connectivity index (χ0) is 23.8. The van der Waals surface area contributed by atoms with Crippen LogP contribution in [0.25, 0.3) is 17.0 Å². The van der Waals surface area contributed by atoms with Crippen LogP contribution in [0.5, 0.6) is 5.75 Å². The summed E-state index contributed by atoms with van der Waals surface area (Å²) in [5, 5.41) is 4.04. The zero-order valence-electron chi connectivity index (χ0n) is 20.0. The molecule has 1 atom stereocenters. The van der Waals surface area contributed by atoms with E-state index in [4.69, 9.17) is 4.74 Å². The molecule has 1 aromatic carbocycles. The molecule has 1 fully saturated rings. The minimum atomic E-state index is -1.04. The first kappa shape index (κ1) is 21.6. The van der Waals surface area contributed by atoms with E-state index in [2.05, 4.69) is 48.9 Å². The third-order valence-corrected chi connectivity index (χ3v) is 7.08. The molecule has 4 heterocycles. The minimum absolute atomic E-state index is 0.0644. The largest absolute Gasteiger partial charge is 0.483 e. The number of ether oxygens (including phenoxy) is 1. The summed E-state index contributed by atoms with van der Waals surface area (Å²) in [4.78, 5) is 31.5. The molecule has 172 valence electrons. The maximum absolute atomic E-state index is 13.5. The maximum atomic E-state index is 13.5. The molecule has 5 rings (SSSR count). The van der Waals surface area contributed by atoms with Crippen LogP contribution in [0.3, 0.4) is 0 Å². The lowest BCUT2D eigenvalue weighted by atomic mass is 9.81. The van der Waals surface area contributed by atoms with Gasteiger partial charge in [0.1, 0.15) is 22.6 Å². The molecule has 0 aliphatic carbocycles. The van der Waals surface area contributed by atoms with Gasteiger partial charge in [0.2, 0.25) is 0 Å². The highest BCUT2D eigenvalue weighted by molar-refractivity contribution is 6.07. The van der Waals surface area contributed by atoms with Gasteiger partial charge in [0.15, 0.2) is 0 Å². The summed E-state index contributed by atoms with van der Waals surface area (Å²) >= 11 is 0. The summed E-state index contributed by atoms with van der Waals surface area (Å²) in [6.07, 6.45) is 8.97. The van der Waals surface area contributed by atoms with Gasteiger partial charge in [-0.05, 0) is 44.9 Å². The second-order valence-electron chi connectivity index (χ2n) is 10.7. The monoisotopic (exact) mass is 445 g/mol. The van der Waals surface area contributed by atoms with Crippen molar-refractivity contribution >= 4 is 28.8 Å². The van der Waals surface area contributed by atoms with Crippen molar-refractivity contribution in [2.24, 2.45) is 0 Å². The van der Waals surface area contributed by atoms with Crippen molar-refractivity contribution in [1.29, 1.82) is 0 Å². The van der Waals surface area contributed by atoms with E-state index < -0.39 is 5.54 Å². The number of amides is 2. The number of hydrogen-bond acceptors (Lipinski definition) is 3. The molecule has 3 aliphatic heterocycles. The van der Waals surface area contributed by atoms with Crippen molar-refractivity contribution in [3.8, 4) is 5.75 Å². The molecule has 2 aromatic rings. The fourth-order valence-electron chi connectivity index (χ4n) is 5.08. The average molecular weight is 446 g/mol. The molecular weight excluding hydrogens is 414 g/mol. The lowest BCUT2D eigenvalue weighted by Crippen LogP contribution is -2.64. The quantitative estimate of drug-likeness (QED) is 0.687. The Morgan fingerprint density at radius 2 is 2.00 bits per heavy atom. The summed E-state index contributed by atoms with van der Waals surface area (Å²) in [6.45, 7) is 14.7. The van der Waals surface area contributed by atoms with E-state index in [1.807, 2.05) is 39.0 Å². The van der Waals surface area contributed by atoms with Crippen LogP contribution in [-0.4, -0.2) is 39.4 Å². The van der Waals surface area contributed by atoms with E-state index in [1.165, 1.54) is 0 Å². The number of rotatable bonds is 4. The second-order valence-corrected chi connectivity index (χ2v) is 10.7. The number of nitrogens with zero attached hydrogens (tertiary/aromatic N) is 1. The lowest BCUT2D eigenvalue weighted by molar-refractivity contribution is -0.144. The number of aromatic nitrogens is 1. The van der Waals surface area contributed by atoms with Crippen molar-refractivity contribution < 1.29 is 14.3 Å². The van der Waals surface area contributed by atoms with E-state index in [0.717, 1.165) is 33.5 Å². The number of nitrogens with one attached hydrogen (secondary N) is 2. The summed E-state index contributed by atoms with van der Waals surface area (Å²) < 4.78 is 6.19. The summed E-state index contributed by atoms with van der Waals surface area (Å²) in [5.74, 6) is 0.575. The Hall–Kier alpha value is -3.28. The Labute approximate surface area is 194 Å². The molecule has 6 heteroatoms. The van der Waals surface area contributed by atoms with Gasteiger partial charge in [-0.2, -0.15) is 0 Å². The summed E-state index contributed by atoms with van der Waals surface area (Å²) in [5.41, 5.74) is 2.65. The van der Waals surface area contributed by atoms with Crippen LogP contribution in [0.4, 0.5) is 0 Å². The van der Waals surface area contributed by atoms with E-state index in [9.17, 15) is 9.59 Å². The zero-order valence-corrected chi connectivity index (χ0v) is 20.0. The van der Waals surface area contributed by atoms with Crippen molar-refractivity contribution in [3.63, 3.8) is 0 Å². The van der Waals surface area contributed by atoms with Gasteiger partial charge >= 0.3 is 0 Å². The first-order valence-corrected chi connectivity index (χ1v) is 11.5. The SMILES string of the molecule is C=CC(C)(C)c1[nH]c2cc3c(cc2c1C[C@@]1(C)NC(=O)C2=CCCN2C1=O)C=CC(C)(C)O3. The van der Waals surface area contributed by atoms with Crippen molar-refractivity contribution in [2.45, 2.75) is 64.0 Å². The van der Waals surface area contributed by atoms with Gasteiger partial charge in [0.25, 0.3) is 11.8 Å². The van der Waals surface area contributed by atoms with Gasteiger partial charge < -0.3 is 19.9 Å². The molecule has 0 spiro atoms. The van der Waals surface area contributed by atoms with Crippen molar-refractivity contribution in [3.05, 3.63) is 59.5 Å². The number of carbonyl (C=O) groups excluding carboxylic acids is 2. The van der Waals surface area contributed by atoms with Gasteiger partial charge in [-0.1, -0.05) is 32.1 Å². The van der Waals surface area contributed by atoms with Crippen LogP contribution in [0.2, 0.25) is 0 Å². The molecule has 0 saturated carbocycles. The smallest absolute Gasteiger partial charge is 0.268 e. The summed E-state index contributed by atoms with van der Waals surface area (Å²) in [6, 6.07) is 4.15. The van der Waals surface area contributed by atoms with Crippen LogP contribution < -0.4 is 10.1 Å². The lowest BCUT2D eigenvalue weighted by Gasteiger charge is -2.39. The van der Waals surface area contributed by atoms with Crippen LogP contribution in [0, 0.1) is 0 Å². The van der Waals surface area contributed by atoms with Crippen LogP contribution in [0.15, 0.2) is 42.6 Å². The van der Waals surface area contributed by atoms with E-state index in [0.29, 0.717) is 25.1 Å². The predicted octanol–water partition coefficient (Wildman–Crippen LogP) is 4.36. The third kappa shape index (κ3) is 3.31. The molecule has 2 N–H and O–H groups in total. The first-order chi connectivity index (χ1) is 15.4. The number of hydrogen-bond donors (Lipinski definition) is 2. The van der Waals surface area contributed by atoms with Gasteiger partial charge in [0.05, 0.1) is 0 Å². The van der Waals surface area contributed by atoms with E-state index in [1.54, 1.807) is 4.90 Å². The fourth-order valence-corrected chi connectivity index (χ4v) is 5.08. The minimum Gasteiger partial charge on any atom is -0.483 e. The molecule has 3 aliphatic rings. The Balaban J connectivity index is 1.66. The van der Waals surface area contributed by atoms with E-state index in [-0.39, 0.29) is 22.8 Å². The molecule has 33 heavy (non-hydrogen) atoms. The third-order valence-electron chi connectivity index (χ3n) is 7.08. The standard InChI is InChI=1S/C27H31N3O3/c1-7-25(2,3)22-18(15-27(6)24(32)30-12-8-9-20(30)23(31)29-27)17-13-16-10-11-26(4,5)33-21(16)14-19(17)28-22/h7,9-11,13-14,28H,1,8,12,15H2,2-6H3,(H,29,31)/t27-/m1/s1. The molecule has 0 radical (unpaired) electrons. The first-order valence-electron chi connectivity index (χ1n) is 11.5. The average Bonchev–Trinajstić information content (AvgIpc) is 3.36. The van der Waals surface area contributed by atoms with Crippen molar-refractivity contribution in [2.75, 3.05) is 6.54 Å². The maximum Gasteiger partial charge on any atom is 0.268 e. The van der Waals surface area contributed by atoms with Gasteiger partial charge in [-0.3, -0.25) is 9.59 Å². The Bertz CT molecular complexity index is 1280. The van der Waals surface area contributed by atoms with E-state index >= 15 is 0 Å². The highest BCUT2D eigenvalue weighted by atomic mass is 16.5. The number of piperazine rings is 1. The topological polar surface area (TPSA) is 74.4 Å². The van der Waals surface area contributed by atoms with Crippen LogP contribution >= 0.6 is 0 Å². The molecular formula is C27H31N3O3. The molecule has 1 aromatic heterocycles. The molecule has 6 nitrogen and oxygen atoms in total. The van der Waals surface area contributed by atoms with Crippen molar-refractivity contribution in [1.82, 2.24) is 15.2 Å². The fraction of sp³-hybridized carbons (Fsp3) is 0.407. The number of fused-ring (bicyclic) bond motifs is 3. The normalized spacial score (nSPS) is 23.7. The van der Waals surface area contributed by atoms with Gasteiger partial charge in [0, 0.05) is 46.6 Å². The highest BCUT2D eigenvalue weighted by Gasteiger charge is 2.47. The Morgan fingerprint density at radius 3 is 2.73 bits per heavy atom. The molecule has 1 saturated heterocycles.